The Balaban J connectivity index is 1.25. The number of aliphatic hydroxyl groups is 1. The lowest BCUT2D eigenvalue weighted by Gasteiger charge is -2.35. The molecule has 46 nitrogen and oxygen atoms in total. The number of rotatable bonds is 32. The summed E-state index contributed by atoms with van der Waals surface area (Å²) in [6.07, 6.45) is -2.06. The normalized spacial score (nSPS) is 21.9. The smallest absolute Gasteiger partial charge is 0.341 e. The summed E-state index contributed by atoms with van der Waals surface area (Å²) in [7, 11) is 2.56. The summed E-state index contributed by atoms with van der Waals surface area (Å²) in [5.74, 6) is -24.2. The number of carboxylic acid groups (broad SMARTS) is 2. The molecule has 7 aromatic rings. The summed E-state index contributed by atoms with van der Waals surface area (Å²) < 4.78 is 5.32. The Bertz CT molecular complexity index is 5840. The van der Waals surface area contributed by atoms with Crippen LogP contribution in [0.25, 0.3) is 22.0 Å². The summed E-state index contributed by atoms with van der Waals surface area (Å²) in [6.45, 7) is 8.16. The van der Waals surface area contributed by atoms with Crippen LogP contribution in [-0.2, 0) is 118 Å². The first kappa shape index (κ1) is 118. The van der Waals surface area contributed by atoms with Gasteiger partial charge in [0.1, 0.15) is 96.1 Å². The van der Waals surface area contributed by atoms with Gasteiger partial charge < -0.3 is 137 Å². The van der Waals surface area contributed by atoms with Crippen LogP contribution in [0, 0.1) is 28.6 Å². The van der Waals surface area contributed by atoms with Gasteiger partial charge in [0.2, 0.25) is 94.5 Å². The van der Waals surface area contributed by atoms with E-state index in [2.05, 4.69) is 84.7 Å². The molecular formula is C102H135N23O23S. The molecule has 1 saturated heterocycles. The number of nitrogens with one attached hydrogen (secondary N) is 18. The second-order valence-corrected chi connectivity index (χ2v) is 38.2. The molecule has 47 heteroatoms. The number of carbonyl (C=O) groups is 18. The Kier molecular flexibility index (Phi) is 46.1. The zero-order valence-electron chi connectivity index (χ0n) is 84.2. The summed E-state index contributed by atoms with van der Waals surface area (Å²) >= 11 is 0.651. The van der Waals surface area contributed by atoms with Crippen LogP contribution in [0.4, 0.5) is 0 Å². The van der Waals surface area contributed by atoms with Crippen LogP contribution in [0.2, 0.25) is 0 Å². The number of aromatic amines is 1. The molecule has 1 aliphatic heterocycles. The van der Waals surface area contributed by atoms with E-state index in [1.807, 2.05) is 30.3 Å². The van der Waals surface area contributed by atoms with E-state index in [0.717, 1.165) is 20.9 Å². The number of hydrogen-bond acceptors (Lipinski definition) is 24. The van der Waals surface area contributed by atoms with Crippen LogP contribution in [0.3, 0.4) is 0 Å². The Morgan fingerprint density at radius 2 is 0.893 bits per heavy atom. The first-order chi connectivity index (χ1) is 70.8. The molecule has 149 heavy (non-hydrogen) atoms. The highest BCUT2D eigenvalue weighted by Gasteiger charge is 2.42. The van der Waals surface area contributed by atoms with Crippen molar-refractivity contribution in [3.05, 3.63) is 192 Å². The minimum atomic E-state index is -2.14. The number of likely N-dealkylation sites (N-methyl/N-ethyl adjacent to an activating group) is 2. The molecule has 16 amide bonds. The maximum atomic E-state index is 15.7. The second kappa shape index (κ2) is 58.2. The molecule has 1 fully saturated rings. The highest BCUT2D eigenvalue weighted by Crippen LogP contribution is 2.26. The lowest BCUT2D eigenvalue weighted by molar-refractivity contribution is -0.148. The predicted octanol–water partition coefficient (Wildman–Crippen LogP) is -1.29. The van der Waals surface area contributed by atoms with Crippen molar-refractivity contribution in [2.24, 2.45) is 35.0 Å². The number of ether oxygens (including phenoxy) is 1. The lowest BCUT2D eigenvalue weighted by atomic mass is 9.98. The van der Waals surface area contributed by atoms with Crippen molar-refractivity contribution >= 4 is 141 Å². The zero-order valence-corrected chi connectivity index (χ0v) is 85.0. The fourth-order valence-corrected chi connectivity index (χ4v) is 17.0. The van der Waals surface area contributed by atoms with Crippen LogP contribution in [0.15, 0.2) is 164 Å². The van der Waals surface area contributed by atoms with Crippen LogP contribution in [0.5, 0.6) is 11.5 Å². The molecule has 28 N–H and O–H groups in total. The second-order valence-electron chi connectivity index (χ2n) is 37.2. The third-order valence-electron chi connectivity index (χ3n) is 24.4. The van der Waals surface area contributed by atoms with Crippen LogP contribution < -0.4 is 102 Å². The Hall–Kier alpha value is -16.2. The molecular weight excluding hydrogens is 1950 g/mol. The molecule has 0 unspecified atom stereocenters. The van der Waals surface area contributed by atoms with E-state index in [1.165, 1.54) is 89.6 Å². The summed E-state index contributed by atoms with van der Waals surface area (Å²) in [5, 5.41) is 96.5. The van der Waals surface area contributed by atoms with Crippen LogP contribution in [0.1, 0.15) is 115 Å². The van der Waals surface area contributed by atoms with Crippen LogP contribution >= 0.6 is 11.8 Å². The number of aliphatic carboxylic acids is 2. The number of phenols is 1. The molecule has 6 aromatic carbocycles. The number of thioether (sulfide) groups is 1. The van der Waals surface area contributed by atoms with Gasteiger partial charge in [0.25, 0.3) is 0 Å². The number of nitrogens with two attached hydrogens (primary N) is 3. The molecule has 0 bridgehead atoms. The van der Waals surface area contributed by atoms with E-state index in [0.29, 0.717) is 39.4 Å². The van der Waals surface area contributed by atoms with Crippen molar-refractivity contribution in [2.45, 2.75) is 204 Å². The van der Waals surface area contributed by atoms with Crippen molar-refractivity contribution in [2.75, 3.05) is 58.4 Å². The SMILES string of the molecule is CC(C)C[C@@H]1NC(=O)[C@H](CCCNC(=N)N)NC(=O)[C@H](Cc2ccccc2)N(C)C(=O)[C@H](C)N(C)C(=O)[C@H](CCCNC(=N)N)NC(=O)[C@H](Cc2ccc(-c3ccccc3)cc2)NC(=O)[C@H](C(C)C)NC(=O)[C@H](Cc2c[nH]c3ccccc23)NC(=O)[C@H](CC(=O)O)NC(=O)[C@H](Cc2ccc(O)cc2)NC(=O)[C@H](Cc2ccc(OCC(=O)O)cc2)NC(=O)CSC[C@@H](C(=O)NCC(N)=O)NC(=O)[C@H](CO)NC(=O)[C@H](C(C)C)NC1=O. The maximum absolute atomic E-state index is 15.7. The fraction of sp³-hybridized carbons (Fsp3) is 0.431. The minimum Gasteiger partial charge on any atom is -0.508 e. The number of carbonyl (C=O) groups excluding carboxylic acids is 16. The number of guanidine groups is 2. The molecule has 0 radical (unpaired) electrons. The van der Waals surface area contributed by atoms with Crippen molar-refractivity contribution in [3.63, 3.8) is 0 Å². The molecule has 2 heterocycles. The van der Waals surface area contributed by atoms with E-state index >= 15 is 47.9 Å². The Morgan fingerprint density at radius 3 is 1.42 bits per heavy atom. The fourth-order valence-electron chi connectivity index (χ4n) is 16.2. The summed E-state index contributed by atoms with van der Waals surface area (Å²) in [5.41, 5.74) is 20.8. The highest BCUT2D eigenvalue weighted by atomic mass is 32.2. The number of hydrogen-bond donors (Lipinski definition) is 25. The maximum Gasteiger partial charge on any atom is 0.341 e. The molecule has 802 valence electrons. The number of aromatic nitrogens is 1. The number of phenolic OH excluding ortho intramolecular Hbond substituents is 1. The number of carboxylic acids is 2. The van der Waals surface area contributed by atoms with E-state index in [-0.39, 0.29) is 86.6 Å². The number of aliphatic hydroxyl groups excluding tert-OH is 1. The minimum absolute atomic E-state index is 0.0158. The van der Waals surface area contributed by atoms with Crippen LogP contribution in [-0.4, -0.2) is 297 Å². The molecule has 0 saturated carbocycles. The van der Waals surface area contributed by atoms with Gasteiger partial charge in [0, 0.05) is 82.1 Å². The number of para-hydroxylation sites is 1. The highest BCUT2D eigenvalue weighted by molar-refractivity contribution is 8.00. The topological polar surface area (TPSA) is 726 Å². The number of H-pyrrole nitrogens is 1. The van der Waals surface area contributed by atoms with Gasteiger partial charge in [-0.2, -0.15) is 0 Å². The van der Waals surface area contributed by atoms with Crippen molar-refractivity contribution < 1.29 is 111 Å². The number of fused-ring (bicyclic) bond motifs is 1. The first-order valence-electron chi connectivity index (χ1n) is 48.5. The number of benzene rings is 6. The summed E-state index contributed by atoms with van der Waals surface area (Å²) in [4.78, 5) is 268. The average Bonchev–Trinajstić information content (AvgIpc) is 1.46. The van der Waals surface area contributed by atoms with Gasteiger partial charge in [0.15, 0.2) is 18.5 Å². The third kappa shape index (κ3) is 38.0. The van der Waals surface area contributed by atoms with Gasteiger partial charge in [0.05, 0.1) is 25.3 Å². The Labute approximate surface area is 864 Å². The van der Waals surface area contributed by atoms with E-state index in [9.17, 15) is 58.8 Å². The largest absolute Gasteiger partial charge is 0.508 e. The van der Waals surface area contributed by atoms with Gasteiger partial charge in [-0.3, -0.25) is 92.3 Å². The monoisotopic (exact) mass is 2080 g/mol. The molecule has 0 spiro atoms. The zero-order chi connectivity index (χ0) is 109. The van der Waals surface area contributed by atoms with E-state index in [1.54, 1.807) is 107 Å². The van der Waals surface area contributed by atoms with Gasteiger partial charge >= 0.3 is 11.9 Å². The number of primary amides is 1. The molecule has 14 atom stereocenters. The quantitative estimate of drug-likeness (QED) is 0.0132. The standard InChI is InChI=1S/C102H135N23O23S/c1-55(2)42-72-93(140)122-86(57(5)6)98(145)120-78(51-126)95(142)121-79(87(134)111-50-81(103)128)53-149-54-82(129)112-73(43-62-32-38-67(39-33-62)148-52-84(132)133)89(136)116-74(45-61-30-36-66(127)37-31-61)91(138)118-77(48-83(130)131)92(139)117-76(47-65-49-110-69-25-17-16-24-68(65)69)94(141)123-85(56(3)4)97(144)119-75(44-60-28-34-64(35-29-60)63-22-14-11-15-23-63)90(137)114-71(27-19-41-109-102(106)107)100(147)124(8)58(7)99(146)125(9)80(46-59-20-12-10-13-21-59)96(143)113-70(88(135)115-72)26-18-40-108-101(104)105/h10-17,20-25,28-39,49,55-58,70-80,85-86,110,126-127H,18-19,26-27,40-48,50-54H2,1-9H3,(H2,103,128)(H,111,134)(H,112,129)(H,113,143)(H,114,137)(H,115,135)(H,116,136)(H,117,139)(H,118,138)(H,119,144)(H,120,145)(H,121,142)(H,122,140)(H,123,141)(H,130,131)(H,132,133)(H4,104,105,108)(H4,106,107,109)/t58-,70-,71-,72-,73-,74-,75-,76-,77-,78-,79-,80-,85-,86-/m0/s1. The third-order valence-corrected chi connectivity index (χ3v) is 25.4. The predicted molar refractivity (Wildman–Crippen MR) is 551 cm³/mol. The average molecular weight is 2080 g/mol. The van der Waals surface area contributed by atoms with Gasteiger partial charge in [-0.15, -0.1) is 11.8 Å². The Morgan fingerprint density at radius 1 is 0.456 bits per heavy atom. The van der Waals surface area contributed by atoms with Crippen molar-refractivity contribution in [1.29, 1.82) is 10.8 Å². The van der Waals surface area contributed by atoms with Crippen molar-refractivity contribution in [3.8, 4) is 22.6 Å². The van der Waals surface area contributed by atoms with E-state index < -0.39 is 272 Å². The summed E-state index contributed by atoms with van der Waals surface area (Å²) in [6, 6.07) is 18.5. The van der Waals surface area contributed by atoms with Gasteiger partial charge in [-0.25, -0.2) is 4.79 Å². The van der Waals surface area contributed by atoms with E-state index in [4.69, 9.17) is 32.8 Å². The lowest BCUT2D eigenvalue weighted by Crippen LogP contribution is -2.62. The number of amides is 16. The molecule has 0 aliphatic carbocycles. The first-order valence-corrected chi connectivity index (χ1v) is 49.7. The number of aromatic hydroxyl groups is 1. The molecule has 1 aromatic heterocycles. The van der Waals surface area contributed by atoms with Gasteiger partial charge in [-0.05, 0) is 126 Å². The number of nitrogens with zero attached hydrogens (tertiary/aromatic N) is 2. The van der Waals surface area contributed by atoms with Crippen molar-refractivity contribution in [1.82, 2.24) is 94.5 Å². The molecule has 8 rings (SSSR count). The molecule has 1 aliphatic rings. The van der Waals surface area contributed by atoms with Gasteiger partial charge in [-0.1, -0.05) is 169 Å².